The summed E-state index contributed by atoms with van der Waals surface area (Å²) in [6.07, 6.45) is 1.30. The summed E-state index contributed by atoms with van der Waals surface area (Å²) in [6, 6.07) is 6.41. The van der Waals surface area contributed by atoms with E-state index >= 15 is 0 Å². The number of nitrogens with zero attached hydrogens (tertiary/aromatic N) is 1. The fourth-order valence-electron chi connectivity index (χ4n) is 1.41. The van der Waals surface area contributed by atoms with Crippen LogP contribution < -0.4 is 0 Å². The molecule has 0 aliphatic carbocycles. The van der Waals surface area contributed by atoms with E-state index in [9.17, 15) is 9.59 Å². The molecule has 1 atom stereocenters. The molecule has 0 heterocycles. The van der Waals surface area contributed by atoms with E-state index in [-0.39, 0.29) is 17.0 Å². The average Bonchev–Trinajstić information content (AvgIpc) is 2.28. The Hall–Kier alpha value is -2.15. The lowest BCUT2D eigenvalue weighted by Crippen LogP contribution is -2.05. The molecule has 0 spiro atoms. The second-order valence-corrected chi connectivity index (χ2v) is 3.61. The third-order valence-electron chi connectivity index (χ3n) is 2.22. The molecule has 1 rings (SSSR count). The fourth-order valence-corrected chi connectivity index (χ4v) is 1.41. The van der Waals surface area contributed by atoms with Crippen molar-refractivity contribution in [3.63, 3.8) is 0 Å². The molecule has 82 valence electrons. The predicted octanol–water partition coefficient (Wildman–Crippen LogP) is 1.63. The summed E-state index contributed by atoms with van der Waals surface area (Å²) in [5.74, 6) is -1.29. The summed E-state index contributed by atoms with van der Waals surface area (Å²) in [4.78, 5) is 21.3. The van der Waals surface area contributed by atoms with Crippen LogP contribution in [0.2, 0.25) is 0 Å². The minimum absolute atomic E-state index is 0.0156. The van der Waals surface area contributed by atoms with Gasteiger partial charge in [0.2, 0.25) is 0 Å². The molecular formula is C12H11NO3. The number of rotatable bonds is 4. The fraction of sp³-hybridized carbons (Fsp3) is 0.250. The molecule has 0 radical (unpaired) electrons. The lowest BCUT2D eigenvalue weighted by atomic mass is 9.98. The van der Waals surface area contributed by atoms with Gasteiger partial charge in [-0.25, -0.2) is 4.79 Å². The molecule has 0 fully saturated rings. The van der Waals surface area contributed by atoms with Gasteiger partial charge in [-0.3, -0.25) is 0 Å². The maximum Gasteiger partial charge on any atom is 0.337 e. The first-order valence-corrected chi connectivity index (χ1v) is 4.80. The van der Waals surface area contributed by atoms with Gasteiger partial charge in [-0.05, 0) is 24.1 Å². The van der Waals surface area contributed by atoms with Gasteiger partial charge in [0.05, 0.1) is 11.1 Å². The molecule has 1 aromatic carbocycles. The van der Waals surface area contributed by atoms with Crippen molar-refractivity contribution in [1.82, 2.24) is 0 Å². The number of carbonyl (C=O) groups is 2. The molecular weight excluding hydrogens is 206 g/mol. The first-order chi connectivity index (χ1) is 7.58. The summed E-state index contributed by atoms with van der Waals surface area (Å²) < 4.78 is 0. The number of carboxylic acid groups (broad SMARTS) is 1. The highest BCUT2D eigenvalue weighted by atomic mass is 16.4. The molecule has 0 aliphatic heterocycles. The van der Waals surface area contributed by atoms with Crippen molar-refractivity contribution >= 4 is 12.3 Å². The number of hydrogen-bond acceptors (Lipinski definition) is 3. The molecule has 0 aliphatic rings. The molecule has 4 heteroatoms. The van der Waals surface area contributed by atoms with Gasteiger partial charge in [0.15, 0.2) is 0 Å². The number of carboxylic acids is 1. The van der Waals surface area contributed by atoms with Crippen molar-refractivity contribution < 1.29 is 14.7 Å². The molecule has 1 unspecified atom stereocenters. The number of nitriles is 1. The van der Waals surface area contributed by atoms with Crippen molar-refractivity contribution in [2.45, 2.75) is 13.3 Å². The molecule has 0 saturated heterocycles. The van der Waals surface area contributed by atoms with Gasteiger partial charge in [-0.1, -0.05) is 13.0 Å². The number of hydrogen-bond donors (Lipinski definition) is 1. The predicted molar refractivity (Wildman–Crippen MR) is 57.0 cm³/mol. The molecule has 16 heavy (non-hydrogen) atoms. The highest BCUT2D eigenvalue weighted by molar-refractivity contribution is 5.90. The number of aromatic carboxylic acids is 1. The van der Waals surface area contributed by atoms with E-state index in [1.165, 1.54) is 12.1 Å². The van der Waals surface area contributed by atoms with E-state index < -0.39 is 5.97 Å². The molecule has 0 bridgehead atoms. The summed E-state index contributed by atoms with van der Waals surface area (Å²) in [6.45, 7) is 1.76. The first kappa shape index (κ1) is 11.9. The van der Waals surface area contributed by atoms with Crippen LogP contribution in [0.5, 0.6) is 0 Å². The zero-order valence-electron chi connectivity index (χ0n) is 8.80. The van der Waals surface area contributed by atoms with Gasteiger partial charge < -0.3 is 9.90 Å². The van der Waals surface area contributed by atoms with Gasteiger partial charge in [0.1, 0.15) is 12.4 Å². The number of benzene rings is 1. The Balaban J connectivity index is 3.08. The van der Waals surface area contributed by atoms with Crippen LogP contribution in [0.3, 0.4) is 0 Å². The standard InChI is InChI=1S/C12H11NO3/c1-8(7-14)4-9-2-3-10(6-13)11(5-9)12(15)16/h2-3,5,7-8H,4H2,1H3,(H,15,16). The maximum atomic E-state index is 10.9. The summed E-state index contributed by atoms with van der Waals surface area (Å²) in [5.41, 5.74) is 0.865. The first-order valence-electron chi connectivity index (χ1n) is 4.80. The summed E-state index contributed by atoms with van der Waals surface area (Å²) in [7, 11) is 0. The Bertz CT molecular complexity index is 460. The van der Waals surface area contributed by atoms with Crippen molar-refractivity contribution in [2.24, 2.45) is 5.92 Å². The van der Waals surface area contributed by atoms with Gasteiger partial charge in [-0.2, -0.15) is 5.26 Å². The Morgan fingerprint density at radius 3 is 2.81 bits per heavy atom. The third-order valence-corrected chi connectivity index (χ3v) is 2.22. The zero-order chi connectivity index (χ0) is 12.1. The topological polar surface area (TPSA) is 78.2 Å². The molecule has 0 amide bonds. The van der Waals surface area contributed by atoms with Crippen LogP contribution in [0.4, 0.5) is 0 Å². The Kier molecular flexibility index (Phi) is 3.78. The lowest BCUT2D eigenvalue weighted by Gasteiger charge is -2.06. The van der Waals surface area contributed by atoms with Crippen molar-refractivity contribution in [3.8, 4) is 6.07 Å². The van der Waals surface area contributed by atoms with E-state index in [0.29, 0.717) is 6.42 Å². The molecule has 0 saturated carbocycles. The quantitative estimate of drug-likeness (QED) is 0.777. The van der Waals surface area contributed by atoms with Gasteiger partial charge >= 0.3 is 5.97 Å². The van der Waals surface area contributed by atoms with Crippen molar-refractivity contribution in [2.75, 3.05) is 0 Å². The van der Waals surface area contributed by atoms with E-state index in [2.05, 4.69) is 0 Å². The van der Waals surface area contributed by atoms with E-state index in [0.717, 1.165) is 11.8 Å². The van der Waals surface area contributed by atoms with E-state index in [1.54, 1.807) is 13.0 Å². The highest BCUT2D eigenvalue weighted by Crippen LogP contribution is 2.14. The van der Waals surface area contributed by atoms with Gasteiger partial charge in [-0.15, -0.1) is 0 Å². The largest absolute Gasteiger partial charge is 0.478 e. The van der Waals surface area contributed by atoms with Crippen molar-refractivity contribution in [1.29, 1.82) is 5.26 Å². The van der Waals surface area contributed by atoms with E-state index in [1.807, 2.05) is 6.07 Å². The maximum absolute atomic E-state index is 10.9. The lowest BCUT2D eigenvalue weighted by molar-refractivity contribution is -0.110. The second kappa shape index (κ2) is 5.08. The van der Waals surface area contributed by atoms with Crippen LogP contribution in [-0.2, 0) is 11.2 Å². The Morgan fingerprint density at radius 2 is 2.31 bits per heavy atom. The van der Waals surface area contributed by atoms with Crippen LogP contribution in [-0.4, -0.2) is 17.4 Å². The van der Waals surface area contributed by atoms with E-state index in [4.69, 9.17) is 10.4 Å². The van der Waals surface area contributed by atoms with Crippen LogP contribution in [0.15, 0.2) is 18.2 Å². The second-order valence-electron chi connectivity index (χ2n) is 3.61. The minimum atomic E-state index is -1.13. The SMILES string of the molecule is CC(C=O)Cc1ccc(C#N)c(C(=O)O)c1. The van der Waals surface area contributed by atoms with Crippen molar-refractivity contribution in [3.05, 3.63) is 34.9 Å². The smallest absolute Gasteiger partial charge is 0.337 e. The normalized spacial score (nSPS) is 11.5. The molecule has 1 N–H and O–H groups in total. The molecule has 4 nitrogen and oxygen atoms in total. The summed E-state index contributed by atoms with van der Waals surface area (Å²) >= 11 is 0. The average molecular weight is 217 g/mol. The monoisotopic (exact) mass is 217 g/mol. The van der Waals surface area contributed by atoms with Crippen LogP contribution >= 0.6 is 0 Å². The molecule has 1 aromatic rings. The van der Waals surface area contributed by atoms with Crippen LogP contribution in [0, 0.1) is 17.2 Å². The number of aldehydes is 1. The summed E-state index contributed by atoms with van der Waals surface area (Å²) in [5, 5.41) is 17.6. The number of carbonyl (C=O) groups excluding carboxylic acids is 1. The highest BCUT2D eigenvalue weighted by Gasteiger charge is 2.11. The molecule has 0 aromatic heterocycles. The Morgan fingerprint density at radius 1 is 1.62 bits per heavy atom. The minimum Gasteiger partial charge on any atom is -0.478 e. The third kappa shape index (κ3) is 2.67. The Labute approximate surface area is 93.1 Å². The zero-order valence-corrected chi connectivity index (χ0v) is 8.80. The van der Waals surface area contributed by atoms with Crippen LogP contribution in [0.25, 0.3) is 0 Å². The van der Waals surface area contributed by atoms with Crippen LogP contribution in [0.1, 0.15) is 28.4 Å². The van der Waals surface area contributed by atoms with Gasteiger partial charge in [0.25, 0.3) is 0 Å². The van der Waals surface area contributed by atoms with Gasteiger partial charge in [0, 0.05) is 5.92 Å².